The Labute approximate surface area is 210 Å². The van der Waals surface area contributed by atoms with Crippen molar-refractivity contribution in [3.05, 3.63) is 62.2 Å². The van der Waals surface area contributed by atoms with Crippen molar-refractivity contribution in [1.82, 2.24) is 9.88 Å². The van der Waals surface area contributed by atoms with E-state index in [0.717, 1.165) is 46.4 Å². The molecule has 0 aliphatic heterocycles. The molecule has 0 bridgehead atoms. The highest BCUT2D eigenvalue weighted by Gasteiger charge is 2.26. The molecular weight excluding hydrogens is 502 g/mol. The Morgan fingerprint density at radius 2 is 1.68 bits per heavy atom. The fourth-order valence-corrected chi connectivity index (χ4v) is 4.99. The van der Waals surface area contributed by atoms with Gasteiger partial charge in [0.2, 0.25) is 0 Å². The number of benzene rings is 2. The molecule has 1 amide bonds. The largest absolute Gasteiger partial charge is 0.302 e. The van der Waals surface area contributed by atoms with Gasteiger partial charge in [0.1, 0.15) is 0 Å². The Morgan fingerprint density at radius 1 is 1.06 bits per heavy atom. The number of nitrogens with zero attached hydrogens (tertiary/aromatic N) is 5. The van der Waals surface area contributed by atoms with Gasteiger partial charge in [-0.15, -0.1) is 24.2 Å². The molecule has 0 spiro atoms. The zero-order chi connectivity index (χ0) is 24.1. The number of non-ortho nitro benzene ring substituents is 2. The Bertz CT molecular complexity index is 1170. The number of likely N-dealkylation sites (N-methyl/N-ethyl adjacent to an activating group) is 1. The van der Waals surface area contributed by atoms with Crippen molar-refractivity contribution < 1.29 is 14.6 Å². The highest BCUT2D eigenvalue weighted by molar-refractivity contribution is 7.98. The highest BCUT2D eigenvalue weighted by atomic mass is 35.5. The molecule has 0 saturated carbocycles. The molecule has 0 N–H and O–H groups in total. The lowest BCUT2D eigenvalue weighted by molar-refractivity contribution is -0.394. The van der Waals surface area contributed by atoms with Crippen LogP contribution in [0.3, 0.4) is 0 Å². The molecule has 0 aliphatic rings. The van der Waals surface area contributed by atoms with Crippen molar-refractivity contribution in [3.8, 4) is 0 Å². The Kier molecular flexibility index (Phi) is 9.74. The standard InChI is InChI=1S/C21H23N5O5S2.ClH/c1-4-23(5-2)9-10-24(21-22-19-17(32-3)7-6-8-18(19)33-21)20(27)14-11-15(25(28)29)13-16(12-14)26(30)31;/h6-8,11-13H,4-5,9-10H2,1-3H3;1H. The van der Waals surface area contributed by atoms with Gasteiger partial charge in [-0.1, -0.05) is 31.3 Å². The van der Waals surface area contributed by atoms with E-state index in [0.29, 0.717) is 11.7 Å². The van der Waals surface area contributed by atoms with Crippen LogP contribution in [0.15, 0.2) is 41.3 Å². The van der Waals surface area contributed by atoms with Crippen LogP contribution in [-0.4, -0.2) is 58.1 Å². The number of nitro benzene ring substituents is 2. The first-order valence-corrected chi connectivity index (χ1v) is 12.2. The number of thiazole rings is 1. The van der Waals surface area contributed by atoms with E-state index in [9.17, 15) is 25.0 Å². The number of carbonyl (C=O) groups excluding carboxylic acids is 1. The van der Waals surface area contributed by atoms with E-state index in [1.54, 1.807) is 11.8 Å². The van der Waals surface area contributed by atoms with Gasteiger partial charge in [-0.05, 0) is 31.5 Å². The van der Waals surface area contributed by atoms with Crippen LogP contribution in [0.4, 0.5) is 16.5 Å². The number of aromatic nitrogens is 1. The Balaban J connectivity index is 0.00000408. The SMILES string of the molecule is CCN(CC)CCN(C(=O)c1cc([N+](=O)[O-])cc([N+](=O)[O-])c1)c1nc2c(SC)cccc2s1.Cl. The summed E-state index contributed by atoms with van der Waals surface area (Å²) in [4.78, 5) is 43.9. The fraction of sp³-hybridized carbons (Fsp3) is 0.333. The number of fused-ring (bicyclic) bond motifs is 1. The lowest BCUT2D eigenvalue weighted by atomic mass is 10.1. The summed E-state index contributed by atoms with van der Waals surface area (Å²) in [6, 6.07) is 8.77. The molecule has 0 fully saturated rings. The first kappa shape index (κ1) is 27.4. The van der Waals surface area contributed by atoms with Gasteiger partial charge in [-0.25, -0.2) is 4.98 Å². The maximum Gasteiger partial charge on any atom is 0.277 e. The topological polar surface area (TPSA) is 123 Å². The van der Waals surface area contributed by atoms with Gasteiger partial charge >= 0.3 is 0 Å². The molecule has 0 aliphatic carbocycles. The van der Waals surface area contributed by atoms with E-state index in [2.05, 4.69) is 4.90 Å². The molecule has 34 heavy (non-hydrogen) atoms. The molecule has 0 saturated heterocycles. The summed E-state index contributed by atoms with van der Waals surface area (Å²) in [6.07, 6.45) is 1.94. The van der Waals surface area contributed by atoms with Gasteiger partial charge in [-0.2, -0.15) is 0 Å². The average Bonchev–Trinajstić information content (AvgIpc) is 3.25. The first-order chi connectivity index (χ1) is 15.8. The minimum atomic E-state index is -0.744. The zero-order valence-corrected chi connectivity index (χ0v) is 21.2. The summed E-state index contributed by atoms with van der Waals surface area (Å²) in [6.45, 7) is 6.45. The van der Waals surface area contributed by atoms with E-state index < -0.39 is 27.1 Å². The van der Waals surface area contributed by atoms with Crippen molar-refractivity contribution in [2.45, 2.75) is 18.7 Å². The Hall–Kier alpha value is -2.80. The van der Waals surface area contributed by atoms with E-state index in [1.165, 1.54) is 16.2 Å². The maximum absolute atomic E-state index is 13.5. The third kappa shape index (κ3) is 6.00. The van der Waals surface area contributed by atoms with Gasteiger partial charge in [0.05, 0.1) is 31.7 Å². The lowest BCUT2D eigenvalue weighted by Gasteiger charge is -2.24. The number of carbonyl (C=O) groups is 1. The molecule has 10 nitrogen and oxygen atoms in total. The van der Waals surface area contributed by atoms with Crippen LogP contribution in [0.2, 0.25) is 0 Å². The van der Waals surface area contributed by atoms with Crippen LogP contribution >= 0.6 is 35.5 Å². The van der Waals surface area contributed by atoms with Crippen LogP contribution in [0.1, 0.15) is 24.2 Å². The molecule has 3 aromatic rings. The third-order valence-electron chi connectivity index (χ3n) is 5.17. The van der Waals surface area contributed by atoms with Gasteiger partial charge in [0.15, 0.2) is 5.13 Å². The molecule has 182 valence electrons. The van der Waals surface area contributed by atoms with Gasteiger partial charge < -0.3 is 4.90 Å². The van der Waals surface area contributed by atoms with Crippen LogP contribution in [0, 0.1) is 20.2 Å². The average molecular weight is 526 g/mol. The van der Waals surface area contributed by atoms with Crippen LogP contribution < -0.4 is 4.90 Å². The number of thioether (sulfide) groups is 1. The van der Waals surface area contributed by atoms with Gasteiger partial charge in [0.25, 0.3) is 17.3 Å². The summed E-state index contributed by atoms with van der Waals surface area (Å²) in [5, 5.41) is 23.1. The summed E-state index contributed by atoms with van der Waals surface area (Å²) < 4.78 is 0.905. The minimum Gasteiger partial charge on any atom is -0.302 e. The quantitative estimate of drug-likeness (QED) is 0.200. The molecule has 0 atom stereocenters. The molecule has 0 radical (unpaired) electrons. The molecule has 1 aromatic heterocycles. The summed E-state index contributed by atoms with van der Waals surface area (Å²) in [5.41, 5.74) is -0.370. The van der Waals surface area contributed by atoms with Crippen molar-refractivity contribution in [2.24, 2.45) is 0 Å². The highest BCUT2D eigenvalue weighted by Crippen LogP contribution is 2.35. The summed E-state index contributed by atoms with van der Waals surface area (Å²) in [5.74, 6) is -0.571. The molecule has 13 heteroatoms. The predicted molar refractivity (Wildman–Crippen MR) is 138 cm³/mol. The maximum atomic E-state index is 13.5. The second kappa shape index (κ2) is 12.1. The second-order valence-corrected chi connectivity index (χ2v) is 8.90. The molecule has 0 unspecified atom stereocenters. The molecule has 1 heterocycles. The van der Waals surface area contributed by atoms with E-state index >= 15 is 0 Å². The predicted octanol–water partition coefficient (Wildman–Crippen LogP) is 5.25. The number of halogens is 1. The number of anilines is 1. The lowest BCUT2D eigenvalue weighted by Crippen LogP contribution is -2.39. The molecule has 2 aromatic carbocycles. The van der Waals surface area contributed by atoms with Gasteiger partial charge in [-0.3, -0.25) is 29.9 Å². The van der Waals surface area contributed by atoms with Crippen LogP contribution in [0.25, 0.3) is 10.2 Å². The molecular formula is C21H24ClN5O5S2. The Morgan fingerprint density at radius 3 is 2.21 bits per heavy atom. The number of hydrogen-bond donors (Lipinski definition) is 0. The normalized spacial score (nSPS) is 10.8. The fourth-order valence-electron chi connectivity index (χ4n) is 3.34. The number of nitro groups is 2. The summed E-state index contributed by atoms with van der Waals surface area (Å²) in [7, 11) is 0. The van der Waals surface area contributed by atoms with E-state index in [1.807, 2.05) is 38.3 Å². The van der Waals surface area contributed by atoms with E-state index in [-0.39, 0.29) is 24.5 Å². The first-order valence-electron chi connectivity index (χ1n) is 10.2. The van der Waals surface area contributed by atoms with Crippen molar-refractivity contribution in [1.29, 1.82) is 0 Å². The van der Waals surface area contributed by atoms with Gasteiger partial charge in [0, 0.05) is 30.1 Å². The van der Waals surface area contributed by atoms with Crippen molar-refractivity contribution in [2.75, 3.05) is 37.3 Å². The second-order valence-electron chi connectivity index (χ2n) is 7.04. The number of para-hydroxylation sites is 1. The summed E-state index contributed by atoms with van der Waals surface area (Å²) >= 11 is 2.89. The molecule has 3 rings (SSSR count). The van der Waals surface area contributed by atoms with E-state index in [4.69, 9.17) is 4.98 Å². The number of hydrogen-bond acceptors (Lipinski definition) is 9. The number of rotatable bonds is 10. The monoisotopic (exact) mass is 525 g/mol. The minimum absolute atomic E-state index is 0. The number of amides is 1. The third-order valence-corrected chi connectivity index (χ3v) is 6.98. The van der Waals surface area contributed by atoms with Crippen molar-refractivity contribution >= 4 is 68.1 Å². The van der Waals surface area contributed by atoms with Crippen LogP contribution in [0.5, 0.6) is 0 Å². The van der Waals surface area contributed by atoms with Crippen molar-refractivity contribution in [3.63, 3.8) is 0 Å². The zero-order valence-electron chi connectivity index (χ0n) is 18.8. The smallest absolute Gasteiger partial charge is 0.277 e. The van der Waals surface area contributed by atoms with Crippen LogP contribution in [-0.2, 0) is 0 Å².